The van der Waals surface area contributed by atoms with Gasteiger partial charge < -0.3 is 15.8 Å². The van der Waals surface area contributed by atoms with Crippen molar-refractivity contribution >= 4 is 17.1 Å². The molecule has 0 aromatic heterocycles. The van der Waals surface area contributed by atoms with Crippen LogP contribution >= 0.6 is 0 Å². The van der Waals surface area contributed by atoms with E-state index >= 15 is 0 Å². The van der Waals surface area contributed by atoms with Crippen LogP contribution in [0.15, 0.2) is 78.9 Å². The number of rotatable bonds is 4. The summed E-state index contributed by atoms with van der Waals surface area (Å²) < 4.78 is 5.92. The van der Waals surface area contributed by atoms with Crippen molar-refractivity contribution in [3.8, 4) is 11.5 Å². The molecule has 0 aliphatic rings. The maximum Gasteiger partial charge on any atom is 0.150 e. The van der Waals surface area contributed by atoms with Crippen molar-refractivity contribution in [1.82, 2.24) is 0 Å². The summed E-state index contributed by atoms with van der Waals surface area (Å²) in [6, 6.07) is 25.2. The lowest BCUT2D eigenvalue weighted by atomic mass is 10.2. The Balaban J connectivity index is 1.84. The van der Waals surface area contributed by atoms with Crippen LogP contribution in [0.3, 0.4) is 0 Å². The standard InChI is InChI=1S/C18H16N2O/c19-14-10-12-15(13-11-14)20-17-8-4-5-9-18(17)21-16-6-2-1-3-7-16/h1-13,20H,19H2. The molecular weight excluding hydrogens is 260 g/mol. The molecule has 104 valence electrons. The van der Waals surface area contributed by atoms with E-state index in [4.69, 9.17) is 10.5 Å². The summed E-state index contributed by atoms with van der Waals surface area (Å²) in [7, 11) is 0. The van der Waals surface area contributed by atoms with E-state index in [1.54, 1.807) is 0 Å². The van der Waals surface area contributed by atoms with Gasteiger partial charge in [-0.25, -0.2) is 0 Å². The summed E-state index contributed by atoms with van der Waals surface area (Å²) in [5.41, 5.74) is 8.32. The first-order chi connectivity index (χ1) is 10.3. The second-order valence-corrected chi connectivity index (χ2v) is 4.66. The van der Waals surface area contributed by atoms with Gasteiger partial charge in [-0.15, -0.1) is 0 Å². The number of hydrogen-bond donors (Lipinski definition) is 2. The molecule has 3 aromatic carbocycles. The number of ether oxygens (including phenoxy) is 1. The topological polar surface area (TPSA) is 47.3 Å². The van der Waals surface area contributed by atoms with Crippen molar-refractivity contribution in [3.05, 3.63) is 78.9 Å². The quantitative estimate of drug-likeness (QED) is 0.672. The first-order valence-electron chi connectivity index (χ1n) is 6.76. The van der Waals surface area contributed by atoms with Gasteiger partial charge in [0.2, 0.25) is 0 Å². The Labute approximate surface area is 124 Å². The highest BCUT2D eigenvalue weighted by molar-refractivity contribution is 5.67. The summed E-state index contributed by atoms with van der Waals surface area (Å²) >= 11 is 0. The molecule has 3 nitrogen and oxygen atoms in total. The molecule has 0 bridgehead atoms. The third kappa shape index (κ3) is 3.34. The number of para-hydroxylation sites is 3. The van der Waals surface area contributed by atoms with Crippen LogP contribution < -0.4 is 15.8 Å². The number of nitrogens with two attached hydrogens (primary N) is 1. The maximum absolute atomic E-state index is 5.92. The van der Waals surface area contributed by atoms with Crippen molar-refractivity contribution in [2.45, 2.75) is 0 Å². The van der Waals surface area contributed by atoms with Crippen LogP contribution in [-0.4, -0.2) is 0 Å². The van der Waals surface area contributed by atoms with Crippen molar-refractivity contribution < 1.29 is 4.74 Å². The molecule has 0 atom stereocenters. The van der Waals surface area contributed by atoms with Crippen molar-refractivity contribution in [1.29, 1.82) is 0 Å². The van der Waals surface area contributed by atoms with Gasteiger partial charge in [-0.1, -0.05) is 30.3 Å². The molecule has 0 saturated carbocycles. The zero-order valence-electron chi connectivity index (χ0n) is 11.5. The van der Waals surface area contributed by atoms with E-state index in [1.165, 1.54) is 0 Å². The fraction of sp³-hybridized carbons (Fsp3) is 0. The average molecular weight is 276 g/mol. The minimum atomic E-state index is 0.745. The first-order valence-corrected chi connectivity index (χ1v) is 6.76. The number of anilines is 3. The van der Waals surface area contributed by atoms with E-state index in [0.717, 1.165) is 28.6 Å². The van der Waals surface area contributed by atoms with Crippen LogP contribution in [0.4, 0.5) is 17.1 Å². The SMILES string of the molecule is Nc1ccc(Nc2ccccc2Oc2ccccc2)cc1. The summed E-state index contributed by atoms with van der Waals surface area (Å²) in [6.07, 6.45) is 0. The van der Waals surface area contributed by atoms with Gasteiger partial charge in [0.25, 0.3) is 0 Å². The van der Waals surface area contributed by atoms with E-state index in [9.17, 15) is 0 Å². The Kier molecular flexibility index (Phi) is 3.74. The van der Waals surface area contributed by atoms with Crippen LogP contribution in [0.2, 0.25) is 0 Å². The van der Waals surface area contributed by atoms with Crippen LogP contribution in [0.1, 0.15) is 0 Å². The lowest BCUT2D eigenvalue weighted by Gasteiger charge is -2.13. The fourth-order valence-electron chi connectivity index (χ4n) is 2.00. The molecule has 3 rings (SSSR count). The lowest BCUT2D eigenvalue weighted by molar-refractivity contribution is 0.485. The Bertz CT molecular complexity index is 709. The molecule has 21 heavy (non-hydrogen) atoms. The highest BCUT2D eigenvalue weighted by atomic mass is 16.5. The molecule has 0 unspecified atom stereocenters. The van der Waals surface area contributed by atoms with Gasteiger partial charge in [-0.05, 0) is 48.5 Å². The second-order valence-electron chi connectivity index (χ2n) is 4.66. The zero-order valence-corrected chi connectivity index (χ0v) is 11.5. The van der Waals surface area contributed by atoms with E-state index in [2.05, 4.69) is 5.32 Å². The zero-order chi connectivity index (χ0) is 14.5. The molecule has 3 aromatic rings. The molecule has 0 fully saturated rings. The third-order valence-electron chi connectivity index (χ3n) is 3.05. The minimum Gasteiger partial charge on any atom is -0.455 e. The number of nitrogens with one attached hydrogen (secondary N) is 1. The molecule has 0 saturated heterocycles. The maximum atomic E-state index is 5.92. The Morgan fingerprint density at radius 3 is 2.14 bits per heavy atom. The average Bonchev–Trinajstić information content (AvgIpc) is 2.52. The van der Waals surface area contributed by atoms with Crippen LogP contribution in [-0.2, 0) is 0 Å². The number of benzene rings is 3. The molecule has 0 aliphatic heterocycles. The van der Waals surface area contributed by atoms with Gasteiger partial charge >= 0.3 is 0 Å². The highest BCUT2D eigenvalue weighted by Gasteiger charge is 2.04. The van der Waals surface area contributed by atoms with E-state index < -0.39 is 0 Å². The van der Waals surface area contributed by atoms with Crippen molar-refractivity contribution in [2.75, 3.05) is 11.1 Å². The predicted octanol–water partition coefficient (Wildman–Crippen LogP) is 4.80. The third-order valence-corrected chi connectivity index (χ3v) is 3.05. The molecular formula is C18H16N2O. The smallest absolute Gasteiger partial charge is 0.150 e. The summed E-state index contributed by atoms with van der Waals surface area (Å²) in [6.45, 7) is 0. The van der Waals surface area contributed by atoms with Crippen LogP contribution in [0.5, 0.6) is 11.5 Å². The summed E-state index contributed by atoms with van der Waals surface area (Å²) in [5, 5.41) is 3.34. The Morgan fingerprint density at radius 1 is 0.714 bits per heavy atom. The highest BCUT2D eigenvalue weighted by Crippen LogP contribution is 2.31. The van der Waals surface area contributed by atoms with Crippen LogP contribution in [0, 0.1) is 0 Å². The van der Waals surface area contributed by atoms with Gasteiger partial charge in [0.1, 0.15) is 5.75 Å². The second kappa shape index (κ2) is 6.01. The summed E-state index contributed by atoms with van der Waals surface area (Å²) in [5.74, 6) is 1.59. The minimum absolute atomic E-state index is 0.745. The largest absolute Gasteiger partial charge is 0.455 e. The summed E-state index contributed by atoms with van der Waals surface area (Å²) in [4.78, 5) is 0. The van der Waals surface area contributed by atoms with Gasteiger partial charge in [0.15, 0.2) is 5.75 Å². The van der Waals surface area contributed by atoms with E-state index in [1.807, 2.05) is 78.9 Å². The van der Waals surface area contributed by atoms with Crippen molar-refractivity contribution in [2.24, 2.45) is 0 Å². The molecule has 3 N–H and O–H groups in total. The normalized spacial score (nSPS) is 10.1. The molecule has 0 aliphatic carbocycles. The monoisotopic (exact) mass is 276 g/mol. The van der Waals surface area contributed by atoms with E-state index in [-0.39, 0.29) is 0 Å². The van der Waals surface area contributed by atoms with Crippen LogP contribution in [0.25, 0.3) is 0 Å². The predicted molar refractivity (Wildman–Crippen MR) is 87.1 cm³/mol. The lowest BCUT2D eigenvalue weighted by Crippen LogP contribution is -1.94. The van der Waals surface area contributed by atoms with Crippen molar-refractivity contribution in [3.63, 3.8) is 0 Å². The fourth-order valence-corrected chi connectivity index (χ4v) is 2.00. The van der Waals surface area contributed by atoms with Gasteiger partial charge in [-0.2, -0.15) is 0 Å². The molecule has 0 radical (unpaired) electrons. The first kappa shape index (κ1) is 13.1. The van der Waals surface area contributed by atoms with E-state index in [0.29, 0.717) is 0 Å². The molecule has 0 spiro atoms. The number of hydrogen-bond acceptors (Lipinski definition) is 3. The van der Waals surface area contributed by atoms with Gasteiger partial charge in [0, 0.05) is 11.4 Å². The Hall–Kier alpha value is -2.94. The number of nitrogen functional groups attached to an aromatic ring is 1. The molecule has 0 amide bonds. The molecule has 0 heterocycles. The van der Waals surface area contributed by atoms with Gasteiger partial charge in [-0.3, -0.25) is 0 Å². The molecule has 3 heteroatoms. The Morgan fingerprint density at radius 2 is 1.38 bits per heavy atom. The van der Waals surface area contributed by atoms with Gasteiger partial charge in [0.05, 0.1) is 5.69 Å².